The quantitative estimate of drug-likeness (QED) is 0.348. The molecule has 0 spiro atoms. The van der Waals surface area contributed by atoms with E-state index in [9.17, 15) is 0 Å². The second-order valence-corrected chi connectivity index (χ2v) is 7.26. The SMILES string of the molecule is Cc1nnc(CN=C(NCC2CCCO2)NC(C)c2ccc(Cl)cc2)n1C.I. The first-order valence-electron chi connectivity index (χ1n) is 9.29. The lowest BCUT2D eigenvalue weighted by molar-refractivity contribution is 0.113. The first-order chi connectivity index (χ1) is 13.0. The van der Waals surface area contributed by atoms with Gasteiger partial charge in [0, 0.05) is 25.2 Å². The molecule has 7 nitrogen and oxygen atoms in total. The highest BCUT2D eigenvalue weighted by Gasteiger charge is 2.17. The van der Waals surface area contributed by atoms with Gasteiger partial charge in [0.25, 0.3) is 0 Å². The first kappa shape index (κ1) is 22.9. The molecule has 2 unspecified atom stereocenters. The summed E-state index contributed by atoms with van der Waals surface area (Å²) in [7, 11) is 1.95. The number of benzene rings is 1. The predicted octanol–water partition coefficient (Wildman–Crippen LogP) is 3.37. The third kappa shape index (κ3) is 6.31. The minimum absolute atomic E-state index is 0. The molecular weight excluding hydrogens is 491 g/mol. The lowest BCUT2D eigenvalue weighted by Crippen LogP contribution is -2.42. The summed E-state index contributed by atoms with van der Waals surface area (Å²) in [4.78, 5) is 4.70. The summed E-state index contributed by atoms with van der Waals surface area (Å²) in [5.41, 5.74) is 1.14. The number of aliphatic imine (C=N–C) groups is 1. The number of nitrogens with zero attached hydrogens (tertiary/aromatic N) is 4. The smallest absolute Gasteiger partial charge is 0.192 e. The lowest BCUT2D eigenvalue weighted by Gasteiger charge is -2.20. The van der Waals surface area contributed by atoms with Crippen molar-refractivity contribution in [1.82, 2.24) is 25.4 Å². The minimum Gasteiger partial charge on any atom is -0.376 e. The van der Waals surface area contributed by atoms with Crippen molar-refractivity contribution in [3.8, 4) is 0 Å². The Morgan fingerprint density at radius 3 is 2.71 bits per heavy atom. The molecule has 2 aromatic rings. The Labute approximate surface area is 188 Å². The van der Waals surface area contributed by atoms with Crippen LogP contribution in [0.2, 0.25) is 5.02 Å². The van der Waals surface area contributed by atoms with Crippen LogP contribution in [0.3, 0.4) is 0 Å². The highest BCUT2D eigenvalue weighted by Crippen LogP contribution is 2.16. The molecule has 1 fully saturated rings. The van der Waals surface area contributed by atoms with Crippen LogP contribution in [0.25, 0.3) is 0 Å². The number of rotatable bonds is 6. The molecule has 1 aliphatic heterocycles. The Hall–Kier alpha value is -1.39. The molecule has 1 saturated heterocycles. The standard InChI is InChI=1S/C19H27ClN6O.HI/c1-13(15-6-8-16(20)9-7-15)23-19(21-11-17-5-4-10-27-17)22-12-18-25-24-14(2)26(18)3;/h6-9,13,17H,4-5,10-12H2,1-3H3,(H2,21,22,23);1H. The van der Waals surface area contributed by atoms with Crippen molar-refractivity contribution < 1.29 is 4.74 Å². The molecule has 0 aliphatic carbocycles. The number of hydrogen-bond donors (Lipinski definition) is 2. The Kier molecular flexibility index (Phi) is 8.97. The maximum atomic E-state index is 5.99. The summed E-state index contributed by atoms with van der Waals surface area (Å²) in [5, 5.41) is 15.9. The summed E-state index contributed by atoms with van der Waals surface area (Å²) >= 11 is 5.99. The fourth-order valence-corrected chi connectivity index (χ4v) is 3.07. The van der Waals surface area contributed by atoms with Gasteiger partial charge in [-0.25, -0.2) is 4.99 Å². The van der Waals surface area contributed by atoms with E-state index in [-0.39, 0.29) is 36.1 Å². The van der Waals surface area contributed by atoms with Gasteiger partial charge in [-0.1, -0.05) is 23.7 Å². The van der Waals surface area contributed by atoms with Gasteiger partial charge in [0.2, 0.25) is 0 Å². The summed E-state index contributed by atoms with van der Waals surface area (Å²) in [6.45, 7) is 6.05. The van der Waals surface area contributed by atoms with Crippen LogP contribution < -0.4 is 10.6 Å². The molecule has 1 aromatic carbocycles. The van der Waals surface area contributed by atoms with Crippen molar-refractivity contribution in [3.63, 3.8) is 0 Å². The Morgan fingerprint density at radius 1 is 1.36 bits per heavy atom. The number of guanidine groups is 1. The van der Waals surface area contributed by atoms with Crippen molar-refractivity contribution in [2.45, 2.75) is 45.4 Å². The predicted molar refractivity (Wildman–Crippen MR) is 122 cm³/mol. The zero-order valence-electron chi connectivity index (χ0n) is 16.5. The average molecular weight is 519 g/mol. The molecule has 1 aromatic heterocycles. The van der Waals surface area contributed by atoms with Gasteiger partial charge in [0.15, 0.2) is 11.8 Å². The van der Waals surface area contributed by atoms with Gasteiger partial charge in [-0.05, 0) is 44.4 Å². The van der Waals surface area contributed by atoms with E-state index in [0.717, 1.165) is 54.2 Å². The maximum Gasteiger partial charge on any atom is 0.192 e. The summed E-state index contributed by atoms with van der Waals surface area (Å²) in [6, 6.07) is 7.91. The molecule has 28 heavy (non-hydrogen) atoms. The van der Waals surface area contributed by atoms with Crippen LogP contribution in [-0.4, -0.2) is 40.0 Å². The topological polar surface area (TPSA) is 76.4 Å². The van der Waals surface area contributed by atoms with Crippen molar-refractivity contribution >= 4 is 41.5 Å². The normalized spacial score (nSPS) is 17.9. The number of halogens is 2. The van der Waals surface area contributed by atoms with Crippen molar-refractivity contribution in [3.05, 3.63) is 46.5 Å². The molecule has 2 N–H and O–H groups in total. The molecular formula is C19H28ClIN6O. The number of nitrogens with one attached hydrogen (secondary N) is 2. The van der Waals surface area contributed by atoms with Crippen LogP contribution in [-0.2, 0) is 18.3 Å². The van der Waals surface area contributed by atoms with Gasteiger partial charge in [0.1, 0.15) is 12.4 Å². The number of aryl methyl sites for hydroxylation is 1. The van der Waals surface area contributed by atoms with Crippen molar-refractivity contribution in [2.24, 2.45) is 12.0 Å². The third-order valence-corrected chi connectivity index (χ3v) is 5.06. The number of hydrogen-bond acceptors (Lipinski definition) is 4. The van der Waals surface area contributed by atoms with Crippen molar-refractivity contribution in [1.29, 1.82) is 0 Å². The maximum absolute atomic E-state index is 5.99. The van der Waals surface area contributed by atoms with Crippen molar-refractivity contribution in [2.75, 3.05) is 13.2 Å². The molecule has 1 aliphatic rings. The van der Waals surface area contributed by atoms with Crippen LogP contribution >= 0.6 is 35.6 Å². The van der Waals surface area contributed by atoms with Crippen LogP contribution in [0.1, 0.15) is 43.0 Å². The van der Waals surface area contributed by atoms with Crippen LogP contribution in [0, 0.1) is 6.92 Å². The van der Waals surface area contributed by atoms with E-state index in [0.29, 0.717) is 6.54 Å². The van der Waals surface area contributed by atoms with Gasteiger partial charge < -0.3 is 19.9 Å². The summed E-state index contributed by atoms with van der Waals surface area (Å²) in [6.07, 6.45) is 2.43. The molecule has 2 heterocycles. The van der Waals surface area contributed by atoms with E-state index >= 15 is 0 Å². The van der Waals surface area contributed by atoms with Crippen LogP contribution in [0.5, 0.6) is 0 Å². The van der Waals surface area contributed by atoms with E-state index < -0.39 is 0 Å². The zero-order valence-corrected chi connectivity index (χ0v) is 19.6. The Balaban J connectivity index is 0.00000280. The van der Waals surface area contributed by atoms with Gasteiger partial charge >= 0.3 is 0 Å². The average Bonchev–Trinajstić information content (AvgIpc) is 3.29. The monoisotopic (exact) mass is 518 g/mol. The van der Waals surface area contributed by atoms with E-state index in [1.807, 2.05) is 42.8 Å². The van der Waals surface area contributed by atoms with E-state index in [2.05, 4.69) is 27.8 Å². The lowest BCUT2D eigenvalue weighted by atomic mass is 10.1. The van der Waals surface area contributed by atoms with Gasteiger partial charge in [-0.3, -0.25) is 0 Å². The highest BCUT2D eigenvalue weighted by molar-refractivity contribution is 14.0. The van der Waals surface area contributed by atoms with Gasteiger partial charge in [-0.15, -0.1) is 34.2 Å². The van der Waals surface area contributed by atoms with Crippen LogP contribution in [0.15, 0.2) is 29.3 Å². The fraction of sp³-hybridized carbons (Fsp3) is 0.526. The zero-order chi connectivity index (χ0) is 19.2. The van der Waals surface area contributed by atoms with Crippen LogP contribution in [0.4, 0.5) is 0 Å². The molecule has 9 heteroatoms. The Morgan fingerprint density at radius 2 is 2.11 bits per heavy atom. The van der Waals surface area contributed by atoms with Gasteiger partial charge in [0.05, 0.1) is 12.1 Å². The highest BCUT2D eigenvalue weighted by atomic mass is 127. The molecule has 0 amide bonds. The molecule has 3 rings (SSSR count). The molecule has 0 saturated carbocycles. The molecule has 0 bridgehead atoms. The second-order valence-electron chi connectivity index (χ2n) is 6.82. The van der Waals surface area contributed by atoms with E-state index in [1.54, 1.807) is 0 Å². The molecule has 2 atom stereocenters. The largest absolute Gasteiger partial charge is 0.376 e. The van der Waals surface area contributed by atoms with E-state index in [4.69, 9.17) is 21.3 Å². The Bertz CT molecular complexity index is 773. The first-order valence-corrected chi connectivity index (χ1v) is 9.67. The van der Waals surface area contributed by atoms with Gasteiger partial charge in [-0.2, -0.15) is 0 Å². The minimum atomic E-state index is 0. The fourth-order valence-electron chi connectivity index (χ4n) is 2.95. The van der Waals surface area contributed by atoms with E-state index in [1.165, 1.54) is 0 Å². The third-order valence-electron chi connectivity index (χ3n) is 4.81. The number of ether oxygens (including phenoxy) is 1. The molecule has 154 valence electrons. The molecule has 0 radical (unpaired) electrons. The summed E-state index contributed by atoms with van der Waals surface area (Å²) < 4.78 is 7.65. The second kappa shape index (κ2) is 11.0. The summed E-state index contributed by atoms with van der Waals surface area (Å²) in [5.74, 6) is 2.43. The number of aromatic nitrogens is 3.